The van der Waals surface area contributed by atoms with Crippen LogP contribution < -0.4 is 5.32 Å². The third-order valence-electron chi connectivity index (χ3n) is 6.69. The summed E-state index contributed by atoms with van der Waals surface area (Å²) in [6.07, 6.45) is 23.7. The molecule has 1 atom stereocenters. The predicted octanol–water partition coefficient (Wildman–Crippen LogP) is 8.55. The molecule has 0 bridgehead atoms. The summed E-state index contributed by atoms with van der Waals surface area (Å²) in [5, 5.41) is 12.5. The molecule has 1 aliphatic heterocycles. The molecule has 1 aliphatic rings. The third kappa shape index (κ3) is 9.53. The van der Waals surface area contributed by atoms with Crippen LogP contribution in [0.25, 0.3) is 0 Å². The van der Waals surface area contributed by atoms with Crippen LogP contribution in [0.3, 0.4) is 0 Å². The van der Waals surface area contributed by atoms with E-state index in [-0.39, 0.29) is 0 Å². The Bertz CT molecular complexity index is 599. The minimum absolute atomic E-state index is 0.379. The van der Waals surface area contributed by atoms with E-state index in [1.165, 1.54) is 115 Å². The Labute approximate surface area is 185 Å². The van der Waals surface area contributed by atoms with Crippen LogP contribution in [0.5, 0.6) is 0 Å². The third-order valence-corrected chi connectivity index (χ3v) is 6.69. The summed E-state index contributed by atoms with van der Waals surface area (Å²) in [7, 11) is 0. The van der Waals surface area contributed by atoms with E-state index in [1.807, 2.05) is 6.07 Å². The van der Waals surface area contributed by atoms with E-state index in [0.717, 1.165) is 12.2 Å². The SMILES string of the molecule is CCCCCCCCCCCCCCCCCCC1CNc2cc(C(=O)O)ccc21. The van der Waals surface area contributed by atoms with Gasteiger partial charge in [-0.25, -0.2) is 4.79 Å². The molecule has 0 aromatic heterocycles. The van der Waals surface area contributed by atoms with Crippen LogP contribution in [0, 0.1) is 0 Å². The van der Waals surface area contributed by atoms with E-state index in [9.17, 15) is 4.79 Å². The van der Waals surface area contributed by atoms with Gasteiger partial charge in [0.25, 0.3) is 0 Å². The number of fused-ring (bicyclic) bond motifs is 1. The fourth-order valence-corrected chi connectivity index (χ4v) is 4.74. The average molecular weight is 416 g/mol. The van der Waals surface area contributed by atoms with Crippen molar-refractivity contribution < 1.29 is 9.90 Å². The molecule has 1 aromatic rings. The first-order chi connectivity index (χ1) is 14.7. The molecule has 1 aromatic carbocycles. The Morgan fingerprint density at radius 1 is 0.833 bits per heavy atom. The predicted molar refractivity (Wildman–Crippen MR) is 129 cm³/mol. The van der Waals surface area contributed by atoms with Crippen LogP contribution in [0.4, 0.5) is 5.69 Å². The lowest BCUT2D eigenvalue weighted by molar-refractivity contribution is 0.0697. The highest BCUT2D eigenvalue weighted by atomic mass is 16.4. The zero-order valence-corrected chi connectivity index (χ0v) is 19.4. The quantitative estimate of drug-likeness (QED) is 0.236. The number of benzene rings is 1. The Morgan fingerprint density at radius 2 is 1.33 bits per heavy atom. The minimum Gasteiger partial charge on any atom is -0.478 e. The maximum Gasteiger partial charge on any atom is 0.335 e. The van der Waals surface area contributed by atoms with Crippen molar-refractivity contribution in [1.29, 1.82) is 0 Å². The van der Waals surface area contributed by atoms with Gasteiger partial charge in [-0.2, -0.15) is 0 Å². The molecule has 2 rings (SSSR count). The van der Waals surface area contributed by atoms with Gasteiger partial charge in [0.1, 0.15) is 0 Å². The van der Waals surface area contributed by atoms with Crippen LogP contribution in [-0.4, -0.2) is 17.6 Å². The van der Waals surface area contributed by atoms with Crippen LogP contribution in [0.2, 0.25) is 0 Å². The van der Waals surface area contributed by atoms with Gasteiger partial charge >= 0.3 is 5.97 Å². The summed E-state index contributed by atoms with van der Waals surface area (Å²) >= 11 is 0. The van der Waals surface area contributed by atoms with Gasteiger partial charge in [0.2, 0.25) is 0 Å². The summed E-state index contributed by atoms with van der Waals surface area (Å²) in [6, 6.07) is 5.54. The normalized spacial score (nSPS) is 15.2. The maximum atomic E-state index is 11.1. The van der Waals surface area contributed by atoms with Crippen LogP contribution >= 0.6 is 0 Å². The summed E-state index contributed by atoms with van der Waals surface area (Å²) < 4.78 is 0. The minimum atomic E-state index is -0.846. The van der Waals surface area contributed by atoms with Crippen molar-refractivity contribution in [1.82, 2.24) is 0 Å². The first kappa shape index (κ1) is 24.8. The molecule has 0 saturated carbocycles. The number of aromatic carboxylic acids is 1. The number of nitrogens with one attached hydrogen (secondary N) is 1. The van der Waals surface area contributed by atoms with Gasteiger partial charge in [0, 0.05) is 18.2 Å². The van der Waals surface area contributed by atoms with Crippen molar-refractivity contribution in [2.75, 3.05) is 11.9 Å². The highest BCUT2D eigenvalue weighted by Gasteiger charge is 2.22. The molecule has 0 aliphatic carbocycles. The number of carboxylic acids is 1. The Balaban J connectivity index is 1.38. The van der Waals surface area contributed by atoms with E-state index in [0.29, 0.717) is 11.5 Å². The van der Waals surface area contributed by atoms with Crippen molar-refractivity contribution >= 4 is 11.7 Å². The van der Waals surface area contributed by atoms with Gasteiger partial charge in [-0.3, -0.25) is 0 Å². The largest absolute Gasteiger partial charge is 0.478 e. The Morgan fingerprint density at radius 3 is 1.83 bits per heavy atom. The number of rotatable bonds is 18. The molecular weight excluding hydrogens is 370 g/mol. The highest BCUT2D eigenvalue weighted by molar-refractivity contribution is 5.89. The number of unbranched alkanes of at least 4 members (excludes halogenated alkanes) is 15. The van der Waals surface area contributed by atoms with Crippen molar-refractivity contribution in [2.24, 2.45) is 0 Å². The molecule has 3 nitrogen and oxygen atoms in total. The molecule has 1 unspecified atom stereocenters. The van der Waals surface area contributed by atoms with E-state index >= 15 is 0 Å². The molecule has 3 heteroatoms. The van der Waals surface area contributed by atoms with Gasteiger partial charge in [-0.1, -0.05) is 116 Å². The van der Waals surface area contributed by atoms with Crippen molar-refractivity contribution in [3.05, 3.63) is 29.3 Å². The fourth-order valence-electron chi connectivity index (χ4n) is 4.74. The van der Waals surface area contributed by atoms with E-state index in [1.54, 1.807) is 12.1 Å². The first-order valence-electron chi connectivity index (χ1n) is 12.8. The van der Waals surface area contributed by atoms with Crippen molar-refractivity contribution in [3.63, 3.8) is 0 Å². The topological polar surface area (TPSA) is 49.3 Å². The number of carbonyl (C=O) groups is 1. The highest BCUT2D eigenvalue weighted by Crippen LogP contribution is 2.35. The maximum absolute atomic E-state index is 11.1. The second-order valence-corrected chi connectivity index (χ2v) is 9.28. The molecule has 0 amide bonds. The fraction of sp³-hybridized carbons (Fsp3) is 0.741. The second kappa shape index (κ2) is 15.3. The van der Waals surface area contributed by atoms with E-state index < -0.39 is 5.97 Å². The molecular formula is C27H45NO2. The molecule has 0 spiro atoms. The zero-order valence-electron chi connectivity index (χ0n) is 19.4. The van der Waals surface area contributed by atoms with E-state index in [2.05, 4.69) is 12.2 Å². The lowest BCUT2D eigenvalue weighted by atomic mass is 9.94. The number of anilines is 1. The van der Waals surface area contributed by atoms with Gasteiger partial charge in [0.15, 0.2) is 0 Å². The average Bonchev–Trinajstić information content (AvgIpc) is 3.15. The monoisotopic (exact) mass is 415 g/mol. The molecule has 0 fully saturated rings. The summed E-state index contributed by atoms with van der Waals surface area (Å²) in [5.41, 5.74) is 2.71. The van der Waals surface area contributed by atoms with Crippen LogP contribution in [0.1, 0.15) is 138 Å². The number of hydrogen-bond acceptors (Lipinski definition) is 2. The standard InChI is InChI=1S/C27H45NO2/c1-2-3-4-5-6-7-8-9-10-11-12-13-14-15-16-17-18-24-22-28-26-21-23(27(29)30)19-20-25(24)26/h19-21,24,28H,2-18,22H2,1H3,(H,29,30). The van der Waals surface area contributed by atoms with Gasteiger partial charge < -0.3 is 10.4 Å². The molecule has 30 heavy (non-hydrogen) atoms. The lowest BCUT2D eigenvalue weighted by Crippen LogP contribution is -2.01. The molecule has 170 valence electrons. The van der Waals surface area contributed by atoms with Crippen molar-refractivity contribution in [3.8, 4) is 0 Å². The zero-order chi connectivity index (χ0) is 21.4. The molecule has 1 heterocycles. The summed E-state index contributed by atoms with van der Waals surface area (Å²) in [5.74, 6) is -0.296. The smallest absolute Gasteiger partial charge is 0.335 e. The molecule has 0 radical (unpaired) electrons. The van der Waals surface area contributed by atoms with E-state index in [4.69, 9.17) is 5.11 Å². The van der Waals surface area contributed by atoms with Crippen LogP contribution in [-0.2, 0) is 0 Å². The molecule has 2 N–H and O–H groups in total. The molecule has 0 saturated heterocycles. The summed E-state index contributed by atoms with van der Waals surface area (Å²) in [4.78, 5) is 11.1. The Hall–Kier alpha value is -1.51. The summed E-state index contributed by atoms with van der Waals surface area (Å²) in [6.45, 7) is 3.24. The van der Waals surface area contributed by atoms with Gasteiger partial charge in [-0.05, 0) is 24.1 Å². The van der Waals surface area contributed by atoms with Crippen LogP contribution in [0.15, 0.2) is 18.2 Å². The van der Waals surface area contributed by atoms with Crippen molar-refractivity contribution in [2.45, 2.75) is 122 Å². The number of carboxylic acid groups (broad SMARTS) is 1. The second-order valence-electron chi connectivity index (χ2n) is 9.28. The number of hydrogen-bond donors (Lipinski definition) is 2. The Kier molecular flexibility index (Phi) is 12.6. The lowest BCUT2D eigenvalue weighted by Gasteiger charge is -2.10. The van der Waals surface area contributed by atoms with Gasteiger partial charge in [-0.15, -0.1) is 0 Å². The van der Waals surface area contributed by atoms with Gasteiger partial charge in [0.05, 0.1) is 5.56 Å². The first-order valence-corrected chi connectivity index (χ1v) is 12.8.